The van der Waals surface area contributed by atoms with Crippen LogP contribution in [0.3, 0.4) is 0 Å². The van der Waals surface area contributed by atoms with E-state index in [2.05, 4.69) is 6.92 Å². The third-order valence-corrected chi connectivity index (χ3v) is 5.87. The minimum atomic E-state index is -3.32. The minimum absolute atomic E-state index is 0.113. The van der Waals surface area contributed by atoms with E-state index >= 15 is 0 Å². The number of hydrogen-bond acceptors (Lipinski definition) is 5. The van der Waals surface area contributed by atoms with E-state index in [1.165, 1.54) is 10.6 Å². The summed E-state index contributed by atoms with van der Waals surface area (Å²) in [6, 6.07) is 4.51. The van der Waals surface area contributed by atoms with Crippen LogP contribution in [0.5, 0.6) is 11.5 Å². The first kappa shape index (κ1) is 24.2. The van der Waals surface area contributed by atoms with Crippen molar-refractivity contribution in [3.8, 4) is 11.5 Å². The van der Waals surface area contributed by atoms with Gasteiger partial charge >= 0.3 is 5.97 Å². The van der Waals surface area contributed by atoms with E-state index in [-0.39, 0.29) is 11.8 Å². The number of aliphatic carboxylic acids is 1. The molecular formula is C20H33NO6S. The van der Waals surface area contributed by atoms with Crippen LogP contribution in [0.1, 0.15) is 71.4 Å². The normalized spacial score (nSPS) is 17.9. The molecule has 2 rings (SSSR count). The molecule has 0 amide bonds. The maximum absolute atomic E-state index is 12.0. The molecule has 0 saturated heterocycles. The van der Waals surface area contributed by atoms with Crippen molar-refractivity contribution < 1.29 is 28.2 Å². The lowest BCUT2D eigenvalue weighted by atomic mass is 9.89. The van der Waals surface area contributed by atoms with Crippen LogP contribution in [-0.2, 0) is 14.8 Å². The number of phenolic OH excluding ortho intramolecular Hbond substituents is 1. The molecule has 0 radical (unpaired) electrons. The number of carbonyl (C=O) groups is 1. The molecule has 0 aliphatic carbocycles. The lowest BCUT2D eigenvalue weighted by Crippen LogP contribution is -2.43. The molecule has 7 nitrogen and oxygen atoms in total. The summed E-state index contributed by atoms with van der Waals surface area (Å²) in [7, 11) is -3.32. The van der Waals surface area contributed by atoms with Gasteiger partial charge in [0.2, 0.25) is 10.0 Å². The Hall–Kier alpha value is -1.80. The molecule has 0 bridgehead atoms. The standard InChI is InChI=1S/C14H21NO4S.C6H12O2/c1-5-15(20(4,17)18)12-9-14(2,3)19-13-7-6-10(16)8-11(12)13;1-2-3-4-5-6(7)8/h6-8,12,16H,5,9H2,1-4H3;2-5H2,1H3,(H,7,8). The van der Waals surface area contributed by atoms with E-state index in [4.69, 9.17) is 9.84 Å². The Labute approximate surface area is 168 Å². The topological polar surface area (TPSA) is 104 Å². The van der Waals surface area contributed by atoms with Crippen LogP contribution in [0.15, 0.2) is 18.2 Å². The van der Waals surface area contributed by atoms with Crippen molar-refractivity contribution in [1.82, 2.24) is 4.31 Å². The van der Waals surface area contributed by atoms with E-state index in [0.29, 0.717) is 25.1 Å². The van der Waals surface area contributed by atoms with Crippen LogP contribution in [0.2, 0.25) is 0 Å². The highest BCUT2D eigenvalue weighted by atomic mass is 32.2. The van der Waals surface area contributed by atoms with Crippen LogP contribution in [-0.4, -0.2) is 47.3 Å². The number of unbranched alkanes of at least 4 members (excludes halogenated alkanes) is 2. The fourth-order valence-corrected chi connectivity index (χ4v) is 4.39. The summed E-state index contributed by atoms with van der Waals surface area (Å²) >= 11 is 0. The fraction of sp³-hybridized carbons (Fsp3) is 0.650. The van der Waals surface area contributed by atoms with Gasteiger partial charge in [-0.25, -0.2) is 8.42 Å². The van der Waals surface area contributed by atoms with Crippen LogP contribution in [0, 0.1) is 0 Å². The van der Waals surface area contributed by atoms with Crippen LogP contribution >= 0.6 is 0 Å². The van der Waals surface area contributed by atoms with E-state index < -0.39 is 21.6 Å². The van der Waals surface area contributed by atoms with Gasteiger partial charge in [0.15, 0.2) is 0 Å². The van der Waals surface area contributed by atoms with Crippen molar-refractivity contribution in [3.05, 3.63) is 23.8 Å². The number of carboxylic acid groups (broad SMARTS) is 1. The van der Waals surface area contributed by atoms with E-state index in [9.17, 15) is 18.3 Å². The Morgan fingerprint density at radius 2 is 1.93 bits per heavy atom. The first-order valence-corrected chi connectivity index (χ1v) is 11.5. The first-order valence-electron chi connectivity index (χ1n) is 9.61. The Morgan fingerprint density at radius 1 is 1.29 bits per heavy atom. The van der Waals surface area contributed by atoms with Gasteiger partial charge in [0.25, 0.3) is 0 Å². The third kappa shape index (κ3) is 7.31. The number of ether oxygens (including phenoxy) is 1. The van der Waals surface area contributed by atoms with Crippen molar-refractivity contribution in [2.24, 2.45) is 0 Å². The molecule has 160 valence electrons. The molecule has 28 heavy (non-hydrogen) atoms. The number of nitrogens with zero attached hydrogens (tertiary/aromatic N) is 1. The maximum atomic E-state index is 12.0. The zero-order chi connectivity index (χ0) is 21.5. The molecule has 1 heterocycles. The van der Waals surface area contributed by atoms with Gasteiger partial charge in [-0.1, -0.05) is 26.7 Å². The predicted octanol–water partition coefficient (Wildman–Crippen LogP) is 3.93. The third-order valence-electron chi connectivity index (χ3n) is 4.50. The monoisotopic (exact) mass is 415 g/mol. The lowest BCUT2D eigenvalue weighted by Gasteiger charge is -2.41. The highest BCUT2D eigenvalue weighted by Crippen LogP contribution is 2.44. The number of fused-ring (bicyclic) bond motifs is 1. The van der Waals surface area contributed by atoms with Crippen LogP contribution in [0.4, 0.5) is 0 Å². The van der Waals surface area contributed by atoms with Crippen molar-refractivity contribution in [3.63, 3.8) is 0 Å². The van der Waals surface area contributed by atoms with E-state index in [1.807, 2.05) is 20.8 Å². The number of sulfonamides is 1. The van der Waals surface area contributed by atoms with Gasteiger partial charge in [0, 0.05) is 24.9 Å². The van der Waals surface area contributed by atoms with Crippen LogP contribution < -0.4 is 4.74 Å². The van der Waals surface area contributed by atoms with Crippen molar-refractivity contribution in [2.45, 2.75) is 71.4 Å². The molecule has 1 aliphatic heterocycles. The van der Waals surface area contributed by atoms with Gasteiger partial charge in [-0.3, -0.25) is 4.79 Å². The summed E-state index contributed by atoms with van der Waals surface area (Å²) in [5.74, 6) is 0.0613. The van der Waals surface area contributed by atoms with E-state index in [1.54, 1.807) is 18.2 Å². The number of carboxylic acids is 1. The Balaban J connectivity index is 0.000000416. The number of hydrogen-bond donors (Lipinski definition) is 2. The molecule has 0 saturated carbocycles. The maximum Gasteiger partial charge on any atom is 0.303 e. The molecule has 1 unspecified atom stereocenters. The van der Waals surface area contributed by atoms with Crippen molar-refractivity contribution in [2.75, 3.05) is 12.8 Å². The molecule has 1 atom stereocenters. The number of benzene rings is 1. The average molecular weight is 416 g/mol. The molecule has 0 spiro atoms. The van der Waals surface area contributed by atoms with Gasteiger partial charge in [-0.2, -0.15) is 4.31 Å². The second kappa shape index (κ2) is 10.1. The number of phenols is 1. The van der Waals surface area contributed by atoms with Gasteiger partial charge in [0.1, 0.15) is 17.1 Å². The molecule has 2 N–H and O–H groups in total. The molecule has 8 heteroatoms. The summed E-state index contributed by atoms with van der Waals surface area (Å²) in [6.07, 6.45) is 5.03. The van der Waals surface area contributed by atoms with Crippen molar-refractivity contribution in [1.29, 1.82) is 0 Å². The van der Waals surface area contributed by atoms with Gasteiger partial charge in [-0.15, -0.1) is 0 Å². The lowest BCUT2D eigenvalue weighted by molar-refractivity contribution is -0.137. The van der Waals surface area contributed by atoms with E-state index in [0.717, 1.165) is 24.8 Å². The Bertz CT molecular complexity index is 760. The quantitative estimate of drug-likeness (QED) is 0.654. The minimum Gasteiger partial charge on any atom is -0.508 e. The Kier molecular flexibility index (Phi) is 8.75. The predicted molar refractivity (Wildman–Crippen MR) is 109 cm³/mol. The SMILES string of the molecule is CCCCCC(=O)O.CCN(C1CC(C)(C)Oc2ccc(O)cc21)S(C)(=O)=O. The van der Waals surface area contributed by atoms with Crippen LogP contribution in [0.25, 0.3) is 0 Å². The second-order valence-corrected chi connectivity index (χ2v) is 9.56. The first-order chi connectivity index (χ1) is 12.9. The molecule has 0 aromatic heterocycles. The molecule has 1 aromatic carbocycles. The summed E-state index contributed by atoms with van der Waals surface area (Å²) in [4.78, 5) is 9.87. The summed E-state index contributed by atoms with van der Waals surface area (Å²) in [5.41, 5.74) is 0.267. The molecular weight excluding hydrogens is 382 g/mol. The largest absolute Gasteiger partial charge is 0.508 e. The van der Waals surface area contributed by atoms with Gasteiger partial charge in [0.05, 0.1) is 12.3 Å². The average Bonchev–Trinajstić information content (AvgIpc) is 2.55. The molecule has 1 aliphatic rings. The summed E-state index contributed by atoms with van der Waals surface area (Å²) in [5, 5.41) is 17.8. The van der Waals surface area contributed by atoms with Crippen molar-refractivity contribution >= 4 is 16.0 Å². The number of rotatable bonds is 7. The highest BCUT2D eigenvalue weighted by Gasteiger charge is 2.39. The Morgan fingerprint density at radius 3 is 2.43 bits per heavy atom. The summed E-state index contributed by atoms with van der Waals surface area (Å²) < 4.78 is 31.3. The molecule has 0 fully saturated rings. The van der Waals surface area contributed by atoms with Gasteiger partial charge < -0.3 is 14.9 Å². The zero-order valence-electron chi connectivity index (χ0n) is 17.4. The second-order valence-electron chi connectivity index (χ2n) is 7.62. The number of aromatic hydroxyl groups is 1. The highest BCUT2D eigenvalue weighted by molar-refractivity contribution is 7.88. The fourth-order valence-electron chi connectivity index (χ4n) is 3.27. The zero-order valence-corrected chi connectivity index (χ0v) is 18.3. The van der Waals surface area contributed by atoms with Gasteiger partial charge in [-0.05, 0) is 38.5 Å². The smallest absolute Gasteiger partial charge is 0.303 e. The summed E-state index contributed by atoms with van der Waals surface area (Å²) in [6.45, 7) is 8.13. The molecule has 1 aromatic rings.